The van der Waals surface area contributed by atoms with E-state index in [0.29, 0.717) is 17.8 Å². The molecule has 0 saturated carbocycles. The van der Waals surface area contributed by atoms with Crippen molar-refractivity contribution in [1.82, 2.24) is 0 Å². The van der Waals surface area contributed by atoms with Gasteiger partial charge in [0.2, 0.25) is 11.8 Å². The molecule has 5 heteroatoms. The molecule has 0 aliphatic heterocycles. The minimum absolute atomic E-state index is 0.115. The number of nitrogens with zero attached hydrogens (tertiary/aromatic N) is 2. The van der Waals surface area contributed by atoms with Gasteiger partial charge in [0.25, 0.3) is 0 Å². The highest BCUT2D eigenvalue weighted by Gasteiger charge is 2.13. The van der Waals surface area contributed by atoms with Crippen LogP contribution in [-0.4, -0.2) is 18.4 Å². The first-order valence-corrected chi connectivity index (χ1v) is 7.23. The number of amides is 2. The van der Waals surface area contributed by atoms with Crippen LogP contribution < -0.4 is 10.2 Å². The highest BCUT2D eigenvalue weighted by Crippen LogP contribution is 2.15. The molecule has 0 aliphatic carbocycles. The summed E-state index contributed by atoms with van der Waals surface area (Å²) in [5, 5.41) is 11.6. The summed E-state index contributed by atoms with van der Waals surface area (Å²) < 4.78 is 0. The molecule has 5 nitrogen and oxygen atoms in total. The van der Waals surface area contributed by atoms with Crippen LogP contribution in [0.25, 0.3) is 0 Å². The van der Waals surface area contributed by atoms with Gasteiger partial charge in [-0.15, -0.1) is 0 Å². The lowest BCUT2D eigenvalue weighted by Gasteiger charge is -2.20. The van der Waals surface area contributed by atoms with E-state index in [4.69, 9.17) is 5.26 Å². The standard InChI is InChI=1S/C18H17N3O2/c1-14(22)21(17-8-3-2-4-9-17)11-10-18(23)20-16-7-5-6-15(12-16)13-19/h2-9,12H,10-11H2,1H3,(H,20,23). The average molecular weight is 307 g/mol. The Labute approximate surface area is 135 Å². The minimum Gasteiger partial charge on any atom is -0.326 e. The van der Waals surface area contributed by atoms with Crippen LogP contribution in [0.15, 0.2) is 54.6 Å². The van der Waals surface area contributed by atoms with Crippen LogP contribution >= 0.6 is 0 Å². The van der Waals surface area contributed by atoms with Crippen molar-refractivity contribution >= 4 is 23.2 Å². The number of carbonyl (C=O) groups excluding carboxylic acids is 2. The number of nitriles is 1. The van der Waals surface area contributed by atoms with E-state index in [2.05, 4.69) is 5.32 Å². The fourth-order valence-corrected chi connectivity index (χ4v) is 2.18. The van der Waals surface area contributed by atoms with E-state index in [-0.39, 0.29) is 18.2 Å². The van der Waals surface area contributed by atoms with Gasteiger partial charge in [-0.2, -0.15) is 5.26 Å². The fourth-order valence-electron chi connectivity index (χ4n) is 2.18. The second-order valence-electron chi connectivity index (χ2n) is 5.00. The molecule has 0 heterocycles. The average Bonchev–Trinajstić information content (AvgIpc) is 2.56. The van der Waals surface area contributed by atoms with E-state index >= 15 is 0 Å². The molecule has 0 saturated heterocycles. The molecule has 1 N–H and O–H groups in total. The maximum atomic E-state index is 12.0. The third kappa shape index (κ3) is 4.68. The first kappa shape index (κ1) is 16.2. The zero-order valence-corrected chi connectivity index (χ0v) is 12.8. The van der Waals surface area contributed by atoms with Crippen LogP contribution in [0, 0.1) is 11.3 Å². The number of anilines is 2. The predicted molar refractivity (Wildman–Crippen MR) is 88.9 cm³/mol. The van der Waals surface area contributed by atoms with Crippen LogP contribution in [0.4, 0.5) is 11.4 Å². The molecule has 0 fully saturated rings. The second kappa shape index (κ2) is 7.76. The van der Waals surface area contributed by atoms with Gasteiger partial charge in [0.1, 0.15) is 0 Å². The van der Waals surface area contributed by atoms with Gasteiger partial charge in [-0.3, -0.25) is 9.59 Å². The van der Waals surface area contributed by atoms with Crippen LogP contribution in [0.3, 0.4) is 0 Å². The van der Waals surface area contributed by atoms with Crippen molar-refractivity contribution < 1.29 is 9.59 Å². The summed E-state index contributed by atoms with van der Waals surface area (Å²) in [7, 11) is 0. The van der Waals surface area contributed by atoms with Gasteiger partial charge in [-0.1, -0.05) is 24.3 Å². The van der Waals surface area contributed by atoms with Gasteiger partial charge in [-0.25, -0.2) is 0 Å². The van der Waals surface area contributed by atoms with Gasteiger partial charge in [0.05, 0.1) is 11.6 Å². The molecule has 0 spiro atoms. The van der Waals surface area contributed by atoms with Gasteiger partial charge < -0.3 is 10.2 Å². The van der Waals surface area contributed by atoms with Gasteiger partial charge in [-0.05, 0) is 30.3 Å². The highest BCUT2D eigenvalue weighted by atomic mass is 16.2. The zero-order chi connectivity index (χ0) is 16.7. The van der Waals surface area contributed by atoms with Crippen LogP contribution in [0.5, 0.6) is 0 Å². The molecule has 0 aliphatic rings. The summed E-state index contributed by atoms with van der Waals surface area (Å²) in [5.74, 6) is -0.322. The van der Waals surface area contributed by atoms with Gasteiger partial charge in [0.15, 0.2) is 0 Å². The third-order valence-electron chi connectivity index (χ3n) is 3.29. The molecule has 2 rings (SSSR count). The summed E-state index contributed by atoms with van der Waals surface area (Å²) in [6.07, 6.45) is 0.172. The lowest BCUT2D eigenvalue weighted by Crippen LogP contribution is -2.31. The van der Waals surface area contributed by atoms with Crippen molar-refractivity contribution in [2.45, 2.75) is 13.3 Å². The van der Waals surface area contributed by atoms with Crippen LogP contribution in [-0.2, 0) is 9.59 Å². The molecular formula is C18H17N3O2. The molecule has 0 atom stereocenters. The summed E-state index contributed by atoms with van der Waals surface area (Å²) in [5.41, 5.74) is 1.82. The van der Waals surface area contributed by atoms with Crippen molar-refractivity contribution in [3.8, 4) is 6.07 Å². The summed E-state index contributed by atoms with van der Waals surface area (Å²) >= 11 is 0. The summed E-state index contributed by atoms with van der Waals surface area (Å²) in [6.45, 7) is 1.77. The van der Waals surface area contributed by atoms with E-state index in [1.54, 1.807) is 29.2 Å². The van der Waals surface area contributed by atoms with E-state index in [1.807, 2.05) is 36.4 Å². The Morgan fingerprint density at radius 1 is 1.13 bits per heavy atom. The molecule has 2 aromatic carbocycles. The van der Waals surface area contributed by atoms with Crippen molar-refractivity contribution in [2.75, 3.05) is 16.8 Å². The predicted octanol–water partition coefficient (Wildman–Crippen LogP) is 2.94. The number of carbonyl (C=O) groups is 2. The van der Waals surface area contributed by atoms with E-state index in [9.17, 15) is 9.59 Å². The van der Waals surface area contributed by atoms with E-state index in [0.717, 1.165) is 5.69 Å². The van der Waals surface area contributed by atoms with E-state index in [1.165, 1.54) is 6.92 Å². The summed E-state index contributed by atoms with van der Waals surface area (Å²) in [6, 6.07) is 18.0. The monoisotopic (exact) mass is 307 g/mol. The molecule has 2 amide bonds. The molecule has 0 radical (unpaired) electrons. The lowest BCUT2D eigenvalue weighted by atomic mass is 10.2. The quantitative estimate of drug-likeness (QED) is 0.923. The smallest absolute Gasteiger partial charge is 0.226 e. The Bertz CT molecular complexity index is 735. The highest BCUT2D eigenvalue weighted by molar-refractivity contribution is 5.94. The maximum absolute atomic E-state index is 12.0. The topological polar surface area (TPSA) is 73.2 Å². The van der Waals surface area contributed by atoms with Crippen LogP contribution in [0.2, 0.25) is 0 Å². The molecule has 2 aromatic rings. The molecular weight excluding hydrogens is 290 g/mol. The normalized spacial score (nSPS) is 9.74. The number of para-hydroxylation sites is 1. The summed E-state index contributed by atoms with van der Waals surface area (Å²) in [4.78, 5) is 25.4. The maximum Gasteiger partial charge on any atom is 0.226 e. The molecule has 0 unspecified atom stereocenters. The Morgan fingerprint density at radius 3 is 2.52 bits per heavy atom. The molecule has 23 heavy (non-hydrogen) atoms. The van der Waals surface area contributed by atoms with Gasteiger partial charge >= 0.3 is 0 Å². The molecule has 0 bridgehead atoms. The first-order valence-electron chi connectivity index (χ1n) is 7.23. The number of hydrogen-bond donors (Lipinski definition) is 1. The van der Waals surface area contributed by atoms with Crippen molar-refractivity contribution in [1.29, 1.82) is 5.26 Å². The lowest BCUT2D eigenvalue weighted by molar-refractivity contribution is -0.117. The minimum atomic E-state index is -0.206. The number of benzene rings is 2. The number of hydrogen-bond acceptors (Lipinski definition) is 3. The van der Waals surface area contributed by atoms with Crippen molar-refractivity contribution in [2.24, 2.45) is 0 Å². The van der Waals surface area contributed by atoms with E-state index < -0.39 is 0 Å². The number of nitrogens with one attached hydrogen (secondary N) is 1. The fraction of sp³-hybridized carbons (Fsp3) is 0.167. The van der Waals surface area contributed by atoms with Crippen LogP contribution in [0.1, 0.15) is 18.9 Å². The first-order chi connectivity index (χ1) is 11.1. The third-order valence-corrected chi connectivity index (χ3v) is 3.29. The van der Waals surface area contributed by atoms with Gasteiger partial charge in [0, 0.05) is 31.3 Å². The zero-order valence-electron chi connectivity index (χ0n) is 12.8. The Morgan fingerprint density at radius 2 is 1.87 bits per heavy atom. The Balaban J connectivity index is 1.97. The molecule has 0 aromatic heterocycles. The molecule has 116 valence electrons. The van der Waals surface area contributed by atoms with Crippen molar-refractivity contribution in [3.63, 3.8) is 0 Å². The Kier molecular flexibility index (Phi) is 5.48. The van der Waals surface area contributed by atoms with Crippen molar-refractivity contribution in [3.05, 3.63) is 60.2 Å². The largest absolute Gasteiger partial charge is 0.326 e. The number of rotatable bonds is 5. The second-order valence-corrected chi connectivity index (χ2v) is 5.00. The SMILES string of the molecule is CC(=O)N(CCC(=O)Nc1cccc(C#N)c1)c1ccccc1. The Hall–Kier alpha value is -3.13.